The summed E-state index contributed by atoms with van der Waals surface area (Å²) in [6, 6.07) is 6.27. The molecule has 0 saturated heterocycles. The van der Waals surface area contributed by atoms with Gasteiger partial charge in [0.05, 0.1) is 17.0 Å². The molecule has 0 aliphatic heterocycles. The van der Waals surface area contributed by atoms with Crippen molar-refractivity contribution in [1.82, 2.24) is 0 Å². The largest absolute Gasteiger partial charge is 0.274 e. The number of hydrogen-bond acceptors (Lipinski definition) is 4. The topological polar surface area (TPSA) is 79.3 Å². The van der Waals surface area contributed by atoms with Crippen LogP contribution in [0.2, 0.25) is 0 Å². The molecule has 5 heteroatoms. The molecular weight excluding hydrogens is 158 g/mol. The van der Waals surface area contributed by atoms with E-state index in [0.29, 0.717) is 5.56 Å². The summed E-state index contributed by atoms with van der Waals surface area (Å²) >= 11 is 0. The minimum atomic E-state index is -0.472. The van der Waals surface area contributed by atoms with Crippen LogP contribution in [0, 0.1) is 15.6 Å². The monoisotopic (exact) mass is 165 g/mol. The number of nitro groups is 1. The molecule has 62 valence electrons. The Morgan fingerprint density at radius 2 is 2.17 bits per heavy atom. The summed E-state index contributed by atoms with van der Waals surface area (Å²) in [5.74, 6) is 0. The maximum atomic E-state index is 10.4. The molecule has 0 aromatic heterocycles. The zero-order valence-corrected chi connectivity index (χ0v) is 6.23. The van der Waals surface area contributed by atoms with Gasteiger partial charge in [0.15, 0.2) is 0 Å². The lowest BCUT2D eigenvalue weighted by Crippen LogP contribution is -1.93. The molecule has 1 rings (SSSR count). The predicted octanol–water partition coefficient (Wildman–Crippen LogP) is 2.13. The quantitative estimate of drug-likeness (QED) is 0.423. The molecular formula is C7H7N3O2. The molecule has 0 bridgehead atoms. The maximum absolute atomic E-state index is 10.4. The van der Waals surface area contributed by atoms with Gasteiger partial charge >= 0.3 is 0 Å². The number of hydrogen-bond donors (Lipinski definition) is 1. The summed E-state index contributed by atoms with van der Waals surface area (Å²) in [6.07, 6.45) is 0. The van der Waals surface area contributed by atoms with E-state index >= 15 is 0 Å². The summed E-state index contributed by atoms with van der Waals surface area (Å²) in [7, 11) is 0. The van der Waals surface area contributed by atoms with Gasteiger partial charge in [0.1, 0.15) is 0 Å². The van der Waals surface area contributed by atoms with Crippen LogP contribution in [0.15, 0.2) is 29.4 Å². The predicted molar refractivity (Wildman–Crippen MR) is 41.9 cm³/mol. The van der Waals surface area contributed by atoms with Gasteiger partial charge in [-0.3, -0.25) is 10.1 Å². The van der Waals surface area contributed by atoms with Crippen LogP contribution in [0.4, 0.5) is 5.69 Å². The number of nitro benzene ring substituents is 1. The van der Waals surface area contributed by atoms with E-state index in [4.69, 9.17) is 5.53 Å². The van der Waals surface area contributed by atoms with Crippen molar-refractivity contribution in [3.63, 3.8) is 0 Å². The first-order chi connectivity index (χ1) is 5.75. The van der Waals surface area contributed by atoms with Crippen LogP contribution in [-0.2, 0) is 6.54 Å². The molecule has 1 aromatic carbocycles. The molecule has 1 N–H and O–H groups in total. The summed E-state index contributed by atoms with van der Waals surface area (Å²) in [5, 5.41) is 13.5. The van der Waals surface area contributed by atoms with Crippen molar-refractivity contribution >= 4 is 5.69 Å². The number of nitrogens with zero attached hydrogens (tertiary/aromatic N) is 2. The van der Waals surface area contributed by atoms with Gasteiger partial charge in [-0.05, 0) is 0 Å². The third-order valence-electron chi connectivity index (χ3n) is 1.44. The SMILES string of the molecule is N=NCc1ccccc1[N+](=O)[O-]. The third kappa shape index (κ3) is 1.63. The highest BCUT2D eigenvalue weighted by Crippen LogP contribution is 2.17. The van der Waals surface area contributed by atoms with E-state index in [2.05, 4.69) is 5.11 Å². The zero-order valence-electron chi connectivity index (χ0n) is 6.23. The fraction of sp³-hybridized carbons (Fsp3) is 0.143. The van der Waals surface area contributed by atoms with Crippen molar-refractivity contribution in [2.24, 2.45) is 5.11 Å². The van der Waals surface area contributed by atoms with Gasteiger partial charge in [-0.15, -0.1) is 0 Å². The zero-order chi connectivity index (χ0) is 8.97. The van der Waals surface area contributed by atoms with Gasteiger partial charge in [-0.25, -0.2) is 5.53 Å². The fourth-order valence-corrected chi connectivity index (χ4v) is 0.908. The second-order valence-electron chi connectivity index (χ2n) is 2.20. The highest BCUT2D eigenvalue weighted by molar-refractivity contribution is 5.39. The molecule has 0 unspecified atom stereocenters. The van der Waals surface area contributed by atoms with E-state index < -0.39 is 4.92 Å². The Hall–Kier alpha value is -1.78. The Labute approximate surface area is 68.7 Å². The van der Waals surface area contributed by atoms with E-state index in [9.17, 15) is 10.1 Å². The number of nitrogens with one attached hydrogen (secondary N) is 1. The molecule has 0 amide bonds. The maximum Gasteiger partial charge on any atom is 0.274 e. The van der Waals surface area contributed by atoms with Crippen molar-refractivity contribution < 1.29 is 4.92 Å². The van der Waals surface area contributed by atoms with Crippen molar-refractivity contribution in [1.29, 1.82) is 5.53 Å². The van der Waals surface area contributed by atoms with Gasteiger partial charge in [0.25, 0.3) is 5.69 Å². The van der Waals surface area contributed by atoms with Gasteiger partial charge in [0.2, 0.25) is 0 Å². The lowest BCUT2D eigenvalue weighted by atomic mass is 10.2. The van der Waals surface area contributed by atoms with Crippen LogP contribution < -0.4 is 0 Å². The van der Waals surface area contributed by atoms with E-state index in [1.165, 1.54) is 6.07 Å². The van der Waals surface area contributed by atoms with Crippen molar-refractivity contribution in [2.45, 2.75) is 6.54 Å². The molecule has 0 radical (unpaired) electrons. The van der Waals surface area contributed by atoms with E-state index in [0.717, 1.165) is 0 Å². The molecule has 0 aliphatic carbocycles. The average Bonchev–Trinajstić information content (AvgIpc) is 2.05. The molecule has 0 spiro atoms. The van der Waals surface area contributed by atoms with Crippen molar-refractivity contribution in [3.05, 3.63) is 39.9 Å². The van der Waals surface area contributed by atoms with Gasteiger partial charge < -0.3 is 0 Å². The summed E-state index contributed by atoms with van der Waals surface area (Å²) in [5.41, 5.74) is 7.07. The molecule has 1 aromatic rings. The molecule has 0 heterocycles. The molecule has 0 saturated carbocycles. The second-order valence-corrected chi connectivity index (χ2v) is 2.20. The average molecular weight is 165 g/mol. The Morgan fingerprint density at radius 1 is 1.50 bits per heavy atom. The molecule has 0 atom stereocenters. The standard InChI is InChI=1S/C7H7N3O2/c8-9-5-6-3-1-2-4-7(6)10(11)12/h1-4,8H,5H2. The van der Waals surface area contributed by atoms with Crippen LogP contribution >= 0.6 is 0 Å². The second kappa shape index (κ2) is 3.56. The minimum Gasteiger partial charge on any atom is -0.258 e. The van der Waals surface area contributed by atoms with Gasteiger partial charge in [0, 0.05) is 6.07 Å². The smallest absolute Gasteiger partial charge is 0.258 e. The highest BCUT2D eigenvalue weighted by atomic mass is 16.6. The molecule has 5 nitrogen and oxygen atoms in total. The Bertz CT molecular complexity index is 311. The fourth-order valence-electron chi connectivity index (χ4n) is 0.908. The van der Waals surface area contributed by atoms with Crippen LogP contribution in [0.1, 0.15) is 5.56 Å². The highest BCUT2D eigenvalue weighted by Gasteiger charge is 2.10. The minimum absolute atomic E-state index is 0.0218. The van der Waals surface area contributed by atoms with Crippen molar-refractivity contribution in [2.75, 3.05) is 0 Å². The van der Waals surface area contributed by atoms with E-state index in [1.54, 1.807) is 18.2 Å². The van der Waals surface area contributed by atoms with E-state index in [-0.39, 0.29) is 12.2 Å². The van der Waals surface area contributed by atoms with Crippen LogP contribution in [0.25, 0.3) is 0 Å². The van der Waals surface area contributed by atoms with E-state index in [1.807, 2.05) is 0 Å². The number of benzene rings is 1. The van der Waals surface area contributed by atoms with Gasteiger partial charge in [-0.1, -0.05) is 18.2 Å². The number of para-hydroxylation sites is 1. The molecule has 0 aliphatic rings. The summed E-state index contributed by atoms with van der Waals surface area (Å²) in [6.45, 7) is 0.0666. The molecule has 12 heavy (non-hydrogen) atoms. The lowest BCUT2D eigenvalue weighted by molar-refractivity contribution is -0.385. The molecule has 0 fully saturated rings. The number of rotatable bonds is 3. The third-order valence-corrected chi connectivity index (χ3v) is 1.44. The van der Waals surface area contributed by atoms with Crippen LogP contribution in [0.5, 0.6) is 0 Å². The van der Waals surface area contributed by atoms with Gasteiger partial charge in [-0.2, -0.15) is 5.11 Å². The normalized spacial score (nSPS) is 9.33. The summed E-state index contributed by atoms with van der Waals surface area (Å²) < 4.78 is 0. The van der Waals surface area contributed by atoms with Crippen LogP contribution in [0.3, 0.4) is 0 Å². The first-order valence-corrected chi connectivity index (χ1v) is 3.31. The van der Waals surface area contributed by atoms with Crippen molar-refractivity contribution in [3.8, 4) is 0 Å². The first-order valence-electron chi connectivity index (χ1n) is 3.31. The lowest BCUT2D eigenvalue weighted by Gasteiger charge is -1.96. The first kappa shape index (κ1) is 8.32. The summed E-state index contributed by atoms with van der Waals surface area (Å²) in [4.78, 5) is 9.93. The van der Waals surface area contributed by atoms with Crippen LogP contribution in [-0.4, -0.2) is 4.92 Å². The Morgan fingerprint density at radius 3 is 2.75 bits per heavy atom. The Kier molecular flexibility index (Phi) is 2.47. The Balaban J connectivity index is 3.07.